The number of piperidine rings is 2. The predicted molar refractivity (Wildman–Crippen MR) is 96.5 cm³/mol. The van der Waals surface area contributed by atoms with Crippen LogP contribution in [0.3, 0.4) is 0 Å². The van der Waals surface area contributed by atoms with E-state index in [1.807, 2.05) is 0 Å². The van der Waals surface area contributed by atoms with E-state index in [1.165, 1.54) is 5.56 Å². The van der Waals surface area contributed by atoms with Crippen LogP contribution in [0.4, 0.5) is 4.79 Å². The molecule has 6 nitrogen and oxygen atoms in total. The van der Waals surface area contributed by atoms with E-state index in [2.05, 4.69) is 45.4 Å². The first-order valence-electron chi connectivity index (χ1n) is 9.25. The second-order valence-corrected chi connectivity index (χ2v) is 7.82. The van der Waals surface area contributed by atoms with E-state index in [9.17, 15) is 4.79 Å². The van der Waals surface area contributed by atoms with Crippen molar-refractivity contribution < 1.29 is 9.90 Å². The number of likely N-dealkylation sites (N-methyl/N-ethyl adjacent to an activating group) is 1. The number of nitrogens with zero attached hydrogens (tertiary/aromatic N) is 3. The minimum absolute atomic E-state index is 0.0105. The summed E-state index contributed by atoms with van der Waals surface area (Å²) < 4.78 is 0. The van der Waals surface area contributed by atoms with Crippen molar-refractivity contribution in [2.24, 2.45) is 5.92 Å². The van der Waals surface area contributed by atoms with Crippen molar-refractivity contribution in [2.45, 2.75) is 11.5 Å². The molecule has 2 N–H and O–H groups in total. The van der Waals surface area contributed by atoms with Crippen molar-refractivity contribution in [3.63, 3.8) is 0 Å². The first kappa shape index (κ1) is 16.8. The van der Waals surface area contributed by atoms with Gasteiger partial charge < -0.3 is 25.1 Å². The van der Waals surface area contributed by atoms with Gasteiger partial charge in [-0.1, -0.05) is 30.3 Å². The van der Waals surface area contributed by atoms with Crippen LogP contribution in [0.5, 0.6) is 0 Å². The van der Waals surface area contributed by atoms with Crippen molar-refractivity contribution >= 4 is 6.03 Å². The normalized spacial score (nSPS) is 36.1. The summed E-state index contributed by atoms with van der Waals surface area (Å²) in [5.74, 6) is 0.441. The van der Waals surface area contributed by atoms with Crippen LogP contribution in [0.15, 0.2) is 30.3 Å². The molecule has 6 heteroatoms. The molecule has 4 aliphatic heterocycles. The van der Waals surface area contributed by atoms with Crippen molar-refractivity contribution in [3.05, 3.63) is 35.9 Å². The van der Waals surface area contributed by atoms with Crippen LogP contribution in [0.1, 0.15) is 5.56 Å². The third-order valence-electron chi connectivity index (χ3n) is 6.21. The molecule has 2 unspecified atom stereocenters. The molecule has 4 heterocycles. The molecule has 1 aromatic carbocycles. The number of benzene rings is 1. The summed E-state index contributed by atoms with van der Waals surface area (Å²) in [6.07, 6.45) is 0. The lowest BCUT2D eigenvalue weighted by Crippen LogP contribution is -2.71. The van der Waals surface area contributed by atoms with Gasteiger partial charge in [0.1, 0.15) is 0 Å². The number of carbonyl (C=O) groups is 1. The van der Waals surface area contributed by atoms with Gasteiger partial charge in [0.15, 0.2) is 0 Å². The van der Waals surface area contributed by atoms with E-state index < -0.39 is 0 Å². The van der Waals surface area contributed by atoms with Crippen LogP contribution in [0.25, 0.3) is 0 Å². The third-order valence-corrected chi connectivity index (χ3v) is 6.21. The topological polar surface area (TPSA) is 59.1 Å². The van der Waals surface area contributed by atoms with Gasteiger partial charge in [0.25, 0.3) is 0 Å². The Morgan fingerprint density at radius 3 is 2.48 bits per heavy atom. The third kappa shape index (κ3) is 2.92. The van der Waals surface area contributed by atoms with E-state index in [4.69, 9.17) is 5.11 Å². The fraction of sp³-hybridized carbons (Fsp3) is 0.632. The molecule has 25 heavy (non-hydrogen) atoms. The maximum absolute atomic E-state index is 12.7. The monoisotopic (exact) mass is 344 g/mol. The van der Waals surface area contributed by atoms with Crippen molar-refractivity contribution in [1.82, 2.24) is 20.0 Å². The summed E-state index contributed by atoms with van der Waals surface area (Å²) in [6.45, 7) is 6.70. The Balaban J connectivity index is 1.68. The van der Waals surface area contributed by atoms with Crippen LogP contribution < -0.4 is 5.32 Å². The minimum atomic E-state index is -0.0782. The number of hydrogen-bond donors (Lipinski definition) is 2. The number of urea groups is 1. The SMILES string of the molecule is CN(CCO)C(=O)N[C@@H]1C2CN3CCN(C2)CC1(c1ccccc1)C3. The fourth-order valence-electron chi connectivity index (χ4n) is 5.06. The lowest BCUT2D eigenvalue weighted by Gasteiger charge is -2.56. The average molecular weight is 344 g/mol. The van der Waals surface area contributed by atoms with Gasteiger partial charge in [-0.05, 0) is 5.56 Å². The van der Waals surface area contributed by atoms with E-state index in [1.54, 1.807) is 11.9 Å². The van der Waals surface area contributed by atoms with Gasteiger partial charge in [0.05, 0.1) is 6.61 Å². The highest BCUT2D eigenvalue weighted by Gasteiger charge is 2.55. The van der Waals surface area contributed by atoms with Gasteiger partial charge in [-0.3, -0.25) is 0 Å². The van der Waals surface area contributed by atoms with Crippen LogP contribution in [-0.4, -0.2) is 91.3 Å². The Kier molecular flexibility index (Phi) is 4.43. The number of hydrogen-bond acceptors (Lipinski definition) is 4. The van der Waals surface area contributed by atoms with Gasteiger partial charge in [-0.25, -0.2) is 4.79 Å². The van der Waals surface area contributed by atoms with E-state index in [0.29, 0.717) is 12.5 Å². The quantitative estimate of drug-likeness (QED) is 0.819. The fourth-order valence-corrected chi connectivity index (χ4v) is 5.06. The molecule has 0 spiro atoms. The molecule has 4 aliphatic rings. The standard InChI is InChI=1S/C19H28N4O2/c1-21(9-10-24)18(25)20-17-15-11-22-7-8-23(12-15)14-19(17,13-22)16-5-3-2-4-6-16/h2-6,15,17,24H,7-14H2,1H3,(H,20,25)/t15?,17-,19?/m1/s1. The smallest absolute Gasteiger partial charge is 0.317 e. The molecule has 1 aromatic rings. The van der Waals surface area contributed by atoms with Gasteiger partial charge in [0.2, 0.25) is 0 Å². The Morgan fingerprint density at radius 1 is 1.24 bits per heavy atom. The zero-order chi connectivity index (χ0) is 17.4. The Hall–Kier alpha value is -1.63. The largest absolute Gasteiger partial charge is 0.395 e. The summed E-state index contributed by atoms with van der Waals surface area (Å²) >= 11 is 0. The number of nitrogens with one attached hydrogen (secondary N) is 1. The van der Waals surface area contributed by atoms with E-state index in [0.717, 1.165) is 39.3 Å². The number of amides is 2. The molecule has 136 valence electrons. The molecular formula is C19H28N4O2. The van der Waals surface area contributed by atoms with Gasteiger partial charge in [-0.2, -0.15) is 0 Å². The molecule has 0 aliphatic carbocycles. The summed E-state index contributed by atoms with van der Waals surface area (Å²) in [4.78, 5) is 19.4. The van der Waals surface area contributed by atoms with Gasteiger partial charge in [-0.15, -0.1) is 0 Å². The molecule has 0 radical (unpaired) electrons. The summed E-state index contributed by atoms with van der Waals surface area (Å²) in [7, 11) is 1.75. The van der Waals surface area contributed by atoms with E-state index in [-0.39, 0.29) is 24.1 Å². The van der Waals surface area contributed by atoms with Crippen molar-refractivity contribution in [1.29, 1.82) is 0 Å². The molecule has 0 saturated carbocycles. The van der Waals surface area contributed by atoms with Crippen molar-refractivity contribution in [3.8, 4) is 0 Å². The number of fused-ring (bicyclic) bond motifs is 1. The number of rotatable bonds is 4. The van der Waals surface area contributed by atoms with Gasteiger partial charge in [0, 0.05) is 70.2 Å². The van der Waals surface area contributed by atoms with Crippen LogP contribution in [-0.2, 0) is 5.41 Å². The summed E-state index contributed by atoms with van der Waals surface area (Å²) in [5.41, 5.74) is 1.26. The summed E-state index contributed by atoms with van der Waals surface area (Å²) in [5, 5.41) is 12.5. The molecule has 3 atom stereocenters. The molecule has 4 fully saturated rings. The first-order valence-corrected chi connectivity index (χ1v) is 9.25. The zero-order valence-electron chi connectivity index (χ0n) is 14.9. The van der Waals surface area contributed by atoms with Crippen LogP contribution in [0.2, 0.25) is 0 Å². The maximum Gasteiger partial charge on any atom is 0.317 e. The van der Waals surface area contributed by atoms with Crippen molar-refractivity contribution in [2.75, 3.05) is 59.5 Å². The zero-order valence-corrected chi connectivity index (χ0v) is 14.9. The molecule has 2 amide bonds. The molecular weight excluding hydrogens is 316 g/mol. The van der Waals surface area contributed by atoms with E-state index >= 15 is 0 Å². The number of carbonyl (C=O) groups excluding carboxylic acids is 1. The predicted octanol–water partition coefficient (Wildman–Crippen LogP) is 0.188. The molecule has 0 aromatic heterocycles. The highest BCUT2D eigenvalue weighted by molar-refractivity contribution is 5.74. The van der Waals surface area contributed by atoms with Crippen LogP contribution in [0, 0.1) is 5.92 Å². The Morgan fingerprint density at radius 2 is 1.88 bits per heavy atom. The average Bonchev–Trinajstić information content (AvgIpc) is 2.87. The maximum atomic E-state index is 12.7. The lowest BCUT2D eigenvalue weighted by molar-refractivity contribution is 0.0209. The highest BCUT2D eigenvalue weighted by Crippen LogP contribution is 2.43. The first-order chi connectivity index (χ1) is 12.1. The summed E-state index contributed by atoms with van der Waals surface area (Å²) in [6, 6.07) is 10.7. The second-order valence-electron chi connectivity index (χ2n) is 7.82. The second kappa shape index (κ2) is 6.59. The number of aliphatic hydroxyl groups excluding tert-OH is 1. The van der Waals surface area contributed by atoms with Crippen LogP contribution >= 0.6 is 0 Å². The molecule has 4 bridgehead atoms. The van der Waals surface area contributed by atoms with Gasteiger partial charge >= 0.3 is 6.03 Å². The minimum Gasteiger partial charge on any atom is -0.395 e. The lowest BCUT2D eigenvalue weighted by atomic mass is 9.64. The highest BCUT2D eigenvalue weighted by atomic mass is 16.3. The molecule has 5 rings (SSSR count). The molecule has 4 saturated heterocycles. The number of aliphatic hydroxyl groups is 1. The Bertz CT molecular complexity index is 607. The Labute approximate surface area is 149 Å².